The summed E-state index contributed by atoms with van der Waals surface area (Å²) in [5, 5.41) is 0. The van der Waals surface area contributed by atoms with E-state index in [4.69, 9.17) is 5.73 Å². The van der Waals surface area contributed by atoms with Crippen molar-refractivity contribution in [3.63, 3.8) is 0 Å². The molecule has 2 N–H and O–H groups in total. The van der Waals surface area contributed by atoms with Gasteiger partial charge >= 0.3 is 0 Å². The molecule has 0 radical (unpaired) electrons. The summed E-state index contributed by atoms with van der Waals surface area (Å²) in [6, 6.07) is 3.56. The van der Waals surface area contributed by atoms with E-state index in [1.54, 1.807) is 18.3 Å². The van der Waals surface area contributed by atoms with E-state index in [0.29, 0.717) is 18.0 Å². The summed E-state index contributed by atoms with van der Waals surface area (Å²) in [4.78, 5) is 20.9. The zero-order chi connectivity index (χ0) is 14.5. The van der Waals surface area contributed by atoms with Gasteiger partial charge in [-0.25, -0.2) is 0 Å². The average Bonchev–Trinajstić information content (AvgIpc) is 2.47. The van der Waals surface area contributed by atoms with Crippen LogP contribution in [-0.2, 0) is 6.54 Å². The topological polar surface area (TPSA) is 62.5 Å². The first-order valence-electron chi connectivity index (χ1n) is 7.26. The van der Waals surface area contributed by atoms with Crippen LogP contribution in [0.5, 0.6) is 0 Å². The van der Waals surface area contributed by atoms with Gasteiger partial charge in [0.15, 0.2) is 0 Å². The lowest BCUT2D eigenvalue weighted by Crippen LogP contribution is -2.49. The minimum atomic E-state index is 0. The molecule has 2 heterocycles. The lowest BCUT2D eigenvalue weighted by Gasteiger charge is -2.35. The Balaban J connectivity index is 0.00000220. The van der Waals surface area contributed by atoms with Gasteiger partial charge in [0, 0.05) is 51.0 Å². The normalized spacial score (nSPS) is 15.2. The molecule has 126 valence electrons. The zero-order valence-corrected chi connectivity index (χ0v) is 14.8. The van der Waals surface area contributed by atoms with Crippen LogP contribution >= 0.6 is 24.8 Å². The minimum Gasteiger partial charge on any atom is -0.336 e. The highest BCUT2D eigenvalue weighted by molar-refractivity contribution is 5.94. The minimum absolute atomic E-state index is 0. The second kappa shape index (κ2) is 10.0. The van der Waals surface area contributed by atoms with Gasteiger partial charge in [-0.1, -0.05) is 13.8 Å². The van der Waals surface area contributed by atoms with Crippen molar-refractivity contribution >= 4 is 30.7 Å². The molecule has 2 rings (SSSR count). The number of hydrogen-bond donors (Lipinski definition) is 1. The molecule has 5 nitrogen and oxygen atoms in total. The summed E-state index contributed by atoms with van der Waals surface area (Å²) >= 11 is 0. The Morgan fingerprint density at radius 2 is 1.91 bits per heavy atom. The van der Waals surface area contributed by atoms with Crippen LogP contribution in [0.25, 0.3) is 0 Å². The summed E-state index contributed by atoms with van der Waals surface area (Å²) < 4.78 is 0. The highest BCUT2D eigenvalue weighted by atomic mass is 35.5. The van der Waals surface area contributed by atoms with E-state index >= 15 is 0 Å². The fourth-order valence-electron chi connectivity index (χ4n) is 2.56. The lowest BCUT2D eigenvalue weighted by molar-refractivity contribution is 0.0623. The number of piperazine rings is 1. The third-order valence-corrected chi connectivity index (χ3v) is 3.56. The molecule has 1 saturated heterocycles. The number of amides is 1. The number of carbonyl (C=O) groups excluding carboxylic acids is 1. The van der Waals surface area contributed by atoms with Gasteiger partial charge in [-0.05, 0) is 18.1 Å². The monoisotopic (exact) mass is 348 g/mol. The standard InChI is InChI=1S/C15H24N4O.2ClH/c1-12(2)11-18-5-7-19(8-6-18)15(20)13-3-4-17-14(9-13)10-16;;/h3-4,9,12H,5-8,10-11,16H2,1-2H3;2*1H. The maximum atomic E-state index is 12.4. The molecule has 1 amide bonds. The number of rotatable bonds is 4. The van der Waals surface area contributed by atoms with Crippen LogP contribution in [0, 0.1) is 5.92 Å². The van der Waals surface area contributed by atoms with E-state index in [1.165, 1.54) is 0 Å². The van der Waals surface area contributed by atoms with Gasteiger partial charge in [-0.3, -0.25) is 14.7 Å². The zero-order valence-electron chi connectivity index (χ0n) is 13.2. The van der Waals surface area contributed by atoms with Gasteiger partial charge < -0.3 is 10.6 Å². The number of aromatic nitrogens is 1. The highest BCUT2D eigenvalue weighted by Gasteiger charge is 2.22. The molecular weight excluding hydrogens is 323 g/mol. The van der Waals surface area contributed by atoms with Gasteiger partial charge in [0.2, 0.25) is 0 Å². The maximum Gasteiger partial charge on any atom is 0.254 e. The van der Waals surface area contributed by atoms with Gasteiger partial charge in [-0.2, -0.15) is 0 Å². The Kier molecular flexibility index (Phi) is 9.60. The Bertz CT molecular complexity index is 463. The van der Waals surface area contributed by atoms with E-state index in [1.807, 2.05) is 4.90 Å². The first-order valence-corrected chi connectivity index (χ1v) is 7.26. The third-order valence-electron chi connectivity index (χ3n) is 3.56. The van der Waals surface area contributed by atoms with Gasteiger partial charge in [0.25, 0.3) is 5.91 Å². The van der Waals surface area contributed by atoms with Crippen molar-refractivity contribution < 1.29 is 4.79 Å². The molecule has 0 atom stereocenters. The van der Waals surface area contributed by atoms with Crippen LogP contribution in [-0.4, -0.2) is 53.4 Å². The predicted octanol–water partition coefficient (Wildman–Crippen LogP) is 1.80. The number of carbonyl (C=O) groups is 1. The summed E-state index contributed by atoms with van der Waals surface area (Å²) in [5.41, 5.74) is 7.02. The summed E-state index contributed by atoms with van der Waals surface area (Å²) in [6.45, 7) is 9.43. The molecule has 0 saturated carbocycles. The summed E-state index contributed by atoms with van der Waals surface area (Å²) in [6.07, 6.45) is 1.66. The van der Waals surface area contributed by atoms with Crippen molar-refractivity contribution in [3.05, 3.63) is 29.6 Å². The Morgan fingerprint density at radius 1 is 1.27 bits per heavy atom. The number of pyridine rings is 1. The number of hydrogen-bond acceptors (Lipinski definition) is 4. The van der Waals surface area contributed by atoms with Crippen LogP contribution in [0.4, 0.5) is 0 Å². The lowest BCUT2D eigenvalue weighted by atomic mass is 10.1. The molecule has 1 aromatic heterocycles. The van der Waals surface area contributed by atoms with Gasteiger partial charge in [0.1, 0.15) is 0 Å². The second-order valence-corrected chi connectivity index (χ2v) is 5.73. The molecule has 1 aliphatic rings. The number of nitrogens with two attached hydrogens (primary N) is 1. The quantitative estimate of drug-likeness (QED) is 0.900. The summed E-state index contributed by atoms with van der Waals surface area (Å²) in [7, 11) is 0. The molecule has 0 aliphatic carbocycles. The molecule has 1 aliphatic heterocycles. The highest BCUT2D eigenvalue weighted by Crippen LogP contribution is 2.10. The fraction of sp³-hybridized carbons (Fsp3) is 0.600. The van der Waals surface area contributed by atoms with Crippen molar-refractivity contribution in [2.45, 2.75) is 20.4 Å². The molecule has 7 heteroatoms. The smallest absolute Gasteiger partial charge is 0.254 e. The first kappa shape index (κ1) is 21.1. The number of nitrogens with zero attached hydrogens (tertiary/aromatic N) is 3. The number of halogens is 2. The summed E-state index contributed by atoms with van der Waals surface area (Å²) in [5.74, 6) is 0.760. The van der Waals surface area contributed by atoms with Crippen LogP contribution in [0.15, 0.2) is 18.3 Å². The average molecular weight is 349 g/mol. The van der Waals surface area contributed by atoms with Crippen molar-refractivity contribution in [3.8, 4) is 0 Å². The van der Waals surface area contributed by atoms with Crippen LogP contribution < -0.4 is 5.73 Å². The molecule has 22 heavy (non-hydrogen) atoms. The van der Waals surface area contributed by atoms with E-state index in [9.17, 15) is 4.79 Å². The molecule has 0 aromatic carbocycles. The Morgan fingerprint density at radius 3 is 2.45 bits per heavy atom. The first-order chi connectivity index (χ1) is 9.60. The van der Waals surface area contributed by atoms with E-state index in [2.05, 4.69) is 23.7 Å². The van der Waals surface area contributed by atoms with Crippen LogP contribution in [0.2, 0.25) is 0 Å². The molecule has 0 bridgehead atoms. The molecular formula is C15H26Cl2N4O. The molecule has 0 spiro atoms. The predicted molar refractivity (Wildman–Crippen MR) is 93.8 cm³/mol. The Labute approximate surface area is 145 Å². The van der Waals surface area contributed by atoms with E-state index in [-0.39, 0.29) is 30.7 Å². The fourth-order valence-corrected chi connectivity index (χ4v) is 2.56. The van der Waals surface area contributed by atoms with Crippen molar-refractivity contribution in [2.75, 3.05) is 32.7 Å². The molecule has 0 unspecified atom stereocenters. The largest absolute Gasteiger partial charge is 0.336 e. The van der Waals surface area contributed by atoms with Crippen molar-refractivity contribution in [2.24, 2.45) is 11.7 Å². The molecule has 1 fully saturated rings. The Hall–Kier alpha value is -0.880. The van der Waals surface area contributed by atoms with Crippen LogP contribution in [0.3, 0.4) is 0 Å². The van der Waals surface area contributed by atoms with Crippen molar-refractivity contribution in [1.29, 1.82) is 0 Å². The second-order valence-electron chi connectivity index (χ2n) is 5.73. The van der Waals surface area contributed by atoms with Gasteiger partial charge in [0.05, 0.1) is 5.69 Å². The van der Waals surface area contributed by atoms with Gasteiger partial charge in [-0.15, -0.1) is 24.8 Å². The molecule has 1 aromatic rings. The van der Waals surface area contributed by atoms with E-state index in [0.717, 1.165) is 38.4 Å². The maximum absolute atomic E-state index is 12.4. The third kappa shape index (κ3) is 5.72. The SMILES string of the molecule is CC(C)CN1CCN(C(=O)c2ccnc(CN)c2)CC1.Cl.Cl. The van der Waals surface area contributed by atoms with E-state index < -0.39 is 0 Å². The van der Waals surface area contributed by atoms with Crippen molar-refractivity contribution in [1.82, 2.24) is 14.8 Å². The van der Waals surface area contributed by atoms with Crippen LogP contribution in [0.1, 0.15) is 29.9 Å².